The van der Waals surface area contributed by atoms with Crippen molar-refractivity contribution in [2.75, 3.05) is 26.2 Å². The van der Waals surface area contributed by atoms with Gasteiger partial charge in [0.2, 0.25) is 0 Å². The molecule has 0 unspecified atom stereocenters. The van der Waals surface area contributed by atoms with Gasteiger partial charge in [0.1, 0.15) is 0 Å². The van der Waals surface area contributed by atoms with Crippen LogP contribution in [0.4, 0.5) is 0 Å². The Morgan fingerprint density at radius 1 is 1.32 bits per heavy atom. The number of aryl methyl sites for hydroxylation is 2. The highest BCUT2D eigenvalue weighted by atomic mass is 16.5. The number of hydrogen-bond donors (Lipinski definition) is 0. The predicted octanol–water partition coefficient (Wildman–Crippen LogP) is 1.06. The Hall–Kier alpha value is -2.15. The van der Waals surface area contributed by atoms with E-state index in [1.165, 1.54) is 0 Å². The predicted molar refractivity (Wildman–Crippen MR) is 80.2 cm³/mol. The monoisotopic (exact) mass is 303 g/mol. The zero-order valence-electron chi connectivity index (χ0n) is 13.0. The van der Waals surface area contributed by atoms with Gasteiger partial charge in [-0.25, -0.2) is 0 Å². The molecule has 0 atom stereocenters. The van der Waals surface area contributed by atoms with Crippen LogP contribution in [0.3, 0.4) is 0 Å². The van der Waals surface area contributed by atoms with Gasteiger partial charge in [-0.3, -0.25) is 14.4 Å². The first-order valence-corrected chi connectivity index (χ1v) is 7.54. The summed E-state index contributed by atoms with van der Waals surface area (Å²) in [6, 6.07) is 1.96. The molecule has 3 heterocycles. The molecule has 0 N–H and O–H groups in total. The average molecular weight is 303 g/mol. The molecule has 1 aliphatic heterocycles. The van der Waals surface area contributed by atoms with Crippen LogP contribution in [0, 0.1) is 6.92 Å². The first kappa shape index (κ1) is 14.8. The summed E-state index contributed by atoms with van der Waals surface area (Å²) in [4.78, 5) is 16.7. The summed E-state index contributed by atoms with van der Waals surface area (Å²) in [6.07, 6.45) is 4.35. The van der Waals surface area contributed by atoms with E-state index in [0.29, 0.717) is 5.56 Å². The maximum Gasteiger partial charge on any atom is 0.257 e. The maximum atomic E-state index is 12.5. The van der Waals surface area contributed by atoms with Crippen molar-refractivity contribution >= 4 is 5.91 Å². The second-order valence-electron chi connectivity index (χ2n) is 5.76. The normalized spacial score (nSPS) is 16.7. The Morgan fingerprint density at radius 2 is 2.18 bits per heavy atom. The minimum absolute atomic E-state index is 0.0606. The van der Waals surface area contributed by atoms with Crippen LogP contribution in [0.2, 0.25) is 0 Å². The van der Waals surface area contributed by atoms with E-state index in [2.05, 4.69) is 15.2 Å². The minimum atomic E-state index is 0.0606. The molecule has 7 heteroatoms. The highest BCUT2D eigenvalue weighted by molar-refractivity contribution is 5.93. The topological polar surface area (TPSA) is 67.4 Å². The number of nitrogens with zero attached hydrogens (tertiary/aromatic N) is 5. The van der Waals surface area contributed by atoms with Gasteiger partial charge < -0.3 is 9.42 Å². The fourth-order valence-electron chi connectivity index (χ4n) is 2.76. The van der Waals surface area contributed by atoms with Gasteiger partial charge >= 0.3 is 0 Å². The van der Waals surface area contributed by atoms with Crippen molar-refractivity contribution in [1.82, 2.24) is 24.7 Å². The van der Waals surface area contributed by atoms with Crippen molar-refractivity contribution in [3.05, 3.63) is 35.5 Å². The van der Waals surface area contributed by atoms with Crippen LogP contribution in [-0.2, 0) is 13.6 Å². The highest BCUT2D eigenvalue weighted by Gasteiger charge is 2.21. The Morgan fingerprint density at radius 3 is 2.86 bits per heavy atom. The molecule has 0 aromatic carbocycles. The van der Waals surface area contributed by atoms with Gasteiger partial charge in [-0.2, -0.15) is 5.10 Å². The summed E-state index contributed by atoms with van der Waals surface area (Å²) >= 11 is 0. The number of amides is 1. The Kier molecular flexibility index (Phi) is 4.24. The second kappa shape index (κ2) is 6.31. The molecule has 0 saturated carbocycles. The molecule has 0 spiro atoms. The number of rotatable bonds is 3. The van der Waals surface area contributed by atoms with Crippen LogP contribution in [0.1, 0.15) is 28.2 Å². The van der Waals surface area contributed by atoms with Gasteiger partial charge in [-0.05, 0) is 13.3 Å². The average Bonchev–Trinajstić information content (AvgIpc) is 3.02. The zero-order chi connectivity index (χ0) is 15.5. The zero-order valence-corrected chi connectivity index (χ0v) is 13.0. The smallest absolute Gasteiger partial charge is 0.257 e. The maximum absolute atomic E-state index is 12.5. The number of aromatic nitrogens is 3. The molecule has 1 aliphatic rings. The van der Waals surface area contributed by atoms with Crippen LogP contribution >= 0.6 is 0 Å². The molecule has 3 rings (SSSR count). The first-order chi connectivity index (χ1) is 10.6. The van der Waals surface area contributed by atoms with Crippen LogP contribution in [0.15, 0.2) is 23.0 Å². The Bertz CT molecular complexity index is 648. The van der Waals surface area contributed by atoms with Crippen LogP contribution in [0.5, 0.6) is 0 Å². The van der Waals surface area contributed by atoms with E-state index >= 15 is 0 Å². The van der Waals surface area contributed by atoms with Crippen LogP contribution in [-0.4, -0.2) is 56.8 Å². The quantitative estimate of drug-likeness (QED) is 0.848. The molecule has 1 amide bonds. The van der Waals surface area contributed by atoms with Crippen molar-refractivity contribution < 1.29 is 9.32 Å². The largest absolute Gasteiger partial charge is 0.360 e. The first-order valence-electron chi connectivity index (χ1n) is 7.54. The molecule has 0 aliphatic carbocycles. The Labute approximate surface area is 129 Å². The lowest BCUT2D eigenvalue weighted by Gasteiger charge is -2.20. The lowest BCUT2D eigenvalue weighted by molar-refractivity contribution is 0.0760. The number of carbonyl (C=O) groups excluding carboxylic acids is 1. The summed E-state index contributed by atoms with van der Waals surface area (Å²) in [5, 5.41) is 7.98. The van der Waals surface area contributed by atoms with Crippen molar-refractivity contribution in [3.8, 4) is 0 Å². The third kappa shape index (κ3) is 3.36. The van der Waals surface area contributed by atoms with Gasteiger partial charge in [-0.1, -0.05) is 5.16 Å². The van der Waals surface area contributed by atoms with Gasteiger partial charge in [0.05, 0.1) is 24.0 Å². The third-order valence-corrected chi connectivity index (χ3v) is 3.88. The Balaban J connectivity index is 1.58. The van der Waals surface area contributed by atoms with Crippen molar-refractivity contribution in [1.29, 1.82) is 0 Å². The van der Waals surface area contributed by atoms with Gasteiger partial charge in [0, 0.05) is 45.5 Å². The van der Waals surface area contributed by atoms with E-state index in [-0.39, 0.29) is 5.91 Å². The molecule has 1 fully saturated rings. The van der Waals surface area contributed by atoms with Gasteiger partial charge in [-0.15, -0.1) is 0 Å². The molecular weight excluding hydrogens is 282 g/mol. The molecule has 0 bridgehead atoms. The molecule has 118 valence electrons. The van der Waals surface area contributed by atoms with E-state index < -0.39 is 0 Å². The molecule has 2 aromatic rings. The lowest BCUT2D eigenvalue weighted by Crippen LogP contribution is -2.34. The fraction of sp³-hybridized carbons (Fsp3) is 0.533. The van der Waals surface area contributed by atoms with Crippen LogP contribution < -0.4 is 0 Å². The third-order valence-electron chi connectivity index (χ3n) is 3.88. The summed E-state index contributed by atoms with van der Waals surface area (Å²) in [6.45, 7) is 5.96. The van der Waals surface area contributed by atoms with Gasteiger partial charge in [0.25, 0.3) is 5.91 Å². The van der Waals surface area contributed by atoms with E-state index in [9.17, 15) is 4.79 Å². The molecular formula is C15H21N5O2. The SMILES string of the molecule is Cc1cc(CN2CCCN(C(=O)c3cnn(C)c3)CC2)on1. The molecule has 1 saturated heterocycles. The lowest BCUT2D eigenvalue weighted by atomic mass is 10.3. The summed E-state index contributed by atoms with van der Waals surface area (Å²) in [7, 11) is 1.82. The van der Waals surface area contributed by atoms with Crippen molar-refractivity contribution in [3.63, 3.8) is 0 Å². The van der Waals surface area contributed by atoms with Crippen molar-refractivity contribution in [2.45, 2.75) is 19.9 Å². The fourth-order valence-corrected chi connectivity index (χ4v) is 2.76. The molecule has 0 radical (unpaired) electrons. The summed E-state index contributed by atoms with van der Waals surface area (Å²) in [5.41, 5.74) is 1.56. The van der Waals surface area contributed by atoms with Gasteiger partial charge in [0.15, 0.2) is 5.76 Å². The van der Waals surface area contributed by atoms with E-state index in [1.54, 1.807) is 17.1 Å². The molecule has 7 nitrogen and oxygen atoms in total. The minimum Gasteiger partial charge on any atom is -0.360 e. The van der Waals surface area contributed by atoms with E-state index in [0.717, 1.165) is 50.6 Å². The molecule has 22 heavy (non-hydrogen) atoms. The summed E-state index contributed by atoms with van der Waals surface area (Å²) in [5.74, 6) is 0.940. The van der Waals surface area contributed by atoms with E-state index in [4.69, 9.17) is 4.52 Å². The second-order valence-corrected chi connectivity index (χ2v) is 5.76. The highest BCUT2D eigenvalue weighted by Crippen LogP contribution is 2.12. The number of hydrogen-bond acceptors (Lipinski definition) is 5. The standard InChI is InChI=1S/C15H21N5O2/c1-12-8-14(22-17-12)11-19-4-3-5-20(7-6-19)15(21)13-9-16-18(2)10-13/h8-10H,3-7,11H2,1-2H3. The summed E-state index contributed by atoms with van der Waals surface area (Å²) < 4.78 is 6.93. The van der Waals surface area contributed by atoms with Crippen LogP contribution in [0.25, 0.3) is 0 Å². The molecule has 2 aromatic heterocycles. The number of carbonyl (C=O) groups is 1. The van der Waals surface area contributed by atoms with Crippen molar-refractivity contribution in [2.24, 2.45) is 7.05 Å². The van der Waals surface area contributed by atoms with E-state index in [1.807, 2.05) is 24.9 Å².